The van der Waals surface area contributed by atoms with Crippen LogP contribution in [0.1, 0.15) is 0 Å². The first-order valence-electron chi connectivity index (χ1n) is 7.54. The van der Waals surface area contributed by atoms with Crippen LogP contribution >= 0.6 is 11.6 Å². The molecule has 6 nitrogen and oxygen atoms in total. The van der Waals surface area contributed by atoms with Crippen LogP contribution in [0.15, 0.2) is 65.7 Å². The highest BCUT2D eigenvalue weighted by molar-refractivity contribution is 6.30. The van der Waals surface area contributed by atoms with E-state index in [4.69, 9.17) is 16.3 Å². The Morgan fingerprint density at radius 1 is 1.04 bits per heavy atom. The first-order valence-corrected chi connectivity index (χ1v) is 7.92. The van der Waals surface area contributed by atoms with Gasteiger partial charge in [0.05, 0.1) is 12.8 Å². The van der Waals surface area contributed by atoms with E-state index < -0.39 is 0 Å². The van der Waals surface area contributed by atoms with Gasteiger partial charge in [0.2, 0.25) is 5.65 Å². The van der Waals surface area contributed by atoms with Crippen LogP contribution in [0.25, 0.3) is 22.7 Å². The van der Waals surface area contributed by atoms with Crippen molar-refractivity contribution >= 4 is 17.2 Å². The summed E-state index contributed by atoms with van der Waals surface area (Å²) in [7, 11) is 1.59. The van der Waals surface area contributed by atoms with E-state index in [1.165, 1.54) is 4.57 Å². The van der Waals surface area contributed by atoms with Crippen LogP contribution in [0.3, 0.4) is 0 Å². The van der Waals surface area contributed by atoms with E-state index in [1.54, 1.807) is 42.1 Å². The lowest BCUT2D eigenvalue weighted by Crippen LogP contribution is -2.20. The minimum absolute atomic E-state index is 0.246. The zero-order valence-corrected chi connectivity index (χ0v) is 14.0. The van der Waals surface area contributed by atoms with Crippen LogP contribution in [-0.2, 0) is 0 Å². The highest BCUT2D eigenvalue weighted by Gasteiger charge is 2.13. The van der Waals surface area contributed by atoms with Gasteiger partial charge in [-0.2, -0.15) is 0 Å². The van der Waals surface area contributed by atoms with Gasteiger partial charge in [-0.3, -0.25) is 13.8 Å². The number of fused-ring (bicyclic) bond motifs is 1. The molecule has 0 bridgehead atoms. The summed E-state index contributed by atoms with van der Waals surface area (Å²) in [4.78, 5) is 12.8. The van der Waals surface area contributed by atoms with E-state index in [2.05, 4.69) is 10.2 Å². The Morgan fingerprint density at radius 2 is 1.84 bits per heavy atom. The molecule has 0 spiro atoms. The van der Waals surface area contributed by atoms with Gasteiger partial charge in [0, 0.05) is 29.0 Å². The third-order valence-corrected chi connectivity index (χ3v) is 4.16. The number of aromatic nitrogens is 4. The van der Waals surface area contributed by atoms with Crippen molar-refractivity contribution in [1.82, 2.24) is 19.2 Å². The molecule has 2 aromatic heterocycles. The van der Waals surface area contributed by atoms with Crippen molar-refractivity contribution < 1.29 is 4.74 Å². The minimum Gasteiger partial charge on any atom is -0.497 e. The maximum atomic E-state index is 12.8. The smallest absolute Gasteiger partial charge is 0.300 e. The van der Waals surface area contributed by atoms with Crippen molar-refractivity contribution in [2.75, 3.05) is 7.11 Å². The second-order valence-electron chi connectivity index (χ2n) is 5.40. The van der Waals surface area contributed by atoms with Gasteiger partial charge in [-0.25, -0.2) is 0 Å². The normalized spacial score (nSPS) is 11.0. The van der Waals surface area contributed by atoms with Crippen LogP contribution in [0.2, 0.25) is 5.02 Å². The van der Waals surface area contributed by atoms with Gasteiger partial charge in [0.1, 0.15) is 5.75 Å². The third kappa shape index (κ3) is 2.66. The highest BCUT2D eigenvalue weighted by atomic mass is 35.5. The first-order chi connectivity index (χ1) is 12.2. The summed E-state index contributed by atoms with van der Waals surface area (Å²) < 4.78 is 8.40. The molecule has 2 heterocycles. The van der Waals surface area contributed by atoms with Gasteiger partial charge in [0.25, 0.3) is 0 Å². The summed E-state index contributed by atoms with van der Waals surface area (Å²) in [6, 6.07) is 14.5. The lowest BCUT2D eigenvalue weighted by molar-refractivity contribution is 0.414. The average Bonchev–Trinajstić information content (AvgIpc) is 3.08. The second kappa shape index (κ2) is 6.07. The average molecular weight is 353 g/mol. The number of nitrogens with zero attached hydrogens (tertiary/aromatic N) is 4. The second-order valence-corrected chi connectivity index (χ2v) is 5.84. The molecule has 2 aromatic carbocycles. The fraction of sp³-hybridized carbons (Fsp3) is 0.0556. The fourth-order valence-corrected chi connectivity index (χ4v) is 2.77. The lowest BCUT2D eigenvalue weighted by atomic mass is 10.2. The zero-order valence-electron chi connectivity index (χ0n) is 13.3. The van der Waals surface area contributed by atoms with Crippen molar-refractivity contribution in [3.63, 3.8) is 0 Å². The zero-order chi connectivity index (χ0) is 17.4. The number of rotatable bonds is 3. The molecule has 0 fully saturated rings. The topological polar surface area (TPSA) is 61.4 Å². The molecule has 4 rings (SSSR count). The SMILES string of the molecule is COc1cccc(-n2ccn3c(-c4ccc(Cl)cc4)nnc3c2=O)c1. The van der Waals surface area contributed by atoms with Gasteiger partial charge >= 0.3 is 5.56 Å². The van der Waals surface area contributed by atoms with E-state index in [-0.39, 0.29) is 11.2 Å². The van der Waals surface area contributed by atoms with Crippen LogP contribution < -0.4 is 10.3 Å². The molecule has 0 N–H and O–H groups in total. The highest BCUT2D eigenvalue weighted by Crippen LogP contribution is 2.20. The van der Waals surface area contributed by atoms with Crippen molar-refractivity contribution in [2.24, 2.45) is 0 Å². The summed E-state index contributed by atoms with van der Waals surface area (Å²) in [5.41, 5.74) is 1.51. The number of ether oxygens (including phenoxy) is 1. The van der Waals surface area contributed by atoms with Crippen molar-refractivity contribution in [2.45, 2.75) is 0 Å². The van der Waals surface area contributed by atoms with E-state index in [9.17, 15) is 4.79 Å². The molecular weight excluding hydrogens is 340 g/mol. The number of benzene rings is 2. The van der Waals surface area contributed by atoms with E-state index in [0.717, 1.165) is 5.56 Å². The van der Waals surface area contributed by atoms with E-state index in [0.29, 0.717) is 22.3 Å². The Kier molecular flexibility index (Phi) is 3.74. The van der Waals surface area contributed by atoms with Crippen LogP contribution in [0.5, 0.6) is 5.75 Å². The monoisotopic (exact) mass is 352 g/mol. The maximum absolute atomic E-state index is 12.8. The summed E-state index contributed by atoms with van der Waals surface area (Å²) in [6.07, 6.45) is 3.45. The molecule has 124 valence electrons. The van der Waals surface area contributed by atoms with Crippen molar-refractivity contribution in [3.8, 4) is 22.8 Å². The van der Waals surface area contributed by atoms with Crippen LogP contribution in [0, 0.1) is 0 Å². The molecule has 0 atom stereocenters. The van der Waals surface area contributed by atoms with E-state index >= 15 is 0 Å². The number of hydrogen-bond donors (Lipinski definition) is 0. The minimum atomic E-state index is -0.261. The molecule has 0 saturated heterocycles. The predicted octanol–water partition coefficient (Wildman–Crippen LogP) is 3.21. The summed E-state index contributed by atoms with van der Waals surface area (Å²) in [6.45, 7) is 0. The first kappa shape index (κ1) is 15.4. The molecule has 25 heavy (non-hydrogen) atoms. The Morgan fingerprint density at radius 3 is 2.60 bits per heavy atom. The molecule has 0 radical (unpaired) electrons. The Bertz CT molecular complexity index is 1120. The lowest BCUT2D eigenvalue weighted by Gasteiger charge is -2.08. The van der Waals surface area contributed by atoms with Crippen LogP contribution in [0.4, 0.5) is 0 Å². The molecule has 0 saturated carbocycles. The fourth-order valence-electron chi connectivity index (χ4n) is 2.65. The summed E-state index contributed by atoms with van der Waals surface area (Å²) in [5, 5.41) is 8.85. The van der Waals surface area contributed by atoms with Crippen LogP contribution in [-0.4, -0.2) is 26.3 Å². The number of methoxy groups -OCH3 is 1. The van der Waals surface area contributed by atoms with Gasteiger partial charge in [-0.15, -0.1) is 10.2 Å². The van der Waals surface area contributed by atoms with Crippen molar-refractivity contribution in [1.29, 1.82) is 0 Å². The van der Waals surface area contributed by atoms with Gasteiger partial charge in [0.15, 0.2) is 5.82 Å². The molecule has 4 aromatic rings. The van der Waals surface area contributed by atoms with Crippen molar-refractivity contribution in [3.05, 3.63) is 76.3 Å². The quantitative estimate of drug-likeness (QED) is 0.568. The standard InChI is InChI=1S/C18H13ClN4O2/c1-25-15-4-2-3-14(11-15)22-9-10-23-16(20-21-17(23)18(22)24)12-5-7-13(19)8-6-12/h2-11H,1H3. The molecule has 7 heteroatoms. The Hall–Kier alpha value is -3.12. The number of hydrogen-bond acceptors (Lipinski definition) is 4. The predicted molar refractivity (Wildman–Crippen MR) is 95.6 cm³/mol. The summed E-state index contributed by atoms with van der Waals surface area (Å²) in [5.74, 6) is 1.26. The molecule has 0 amide bonds. The molecule has 0 aliphatic carbocycles. The maximum Gasteiger partial charge on any atom is 0.300 e. The molecule has 0 aliphatic heterocycles. The van der Waals surface area contributed by atoms with Gasteiger partial charge in [-0.1, -0.05) is 17.7 Å². The Balaban J connectivity index is 1.87. The molecule has 0 unspecified atom stereocenters. The largest absolute Gasteiger partial charge is 0.497 e. The third-order valence-electron chi connectivity index (χ3n) is 3.90. The molecular formula is C18H13ClN4O2. The van der Waals surface area contributed by atoms with Gasteiger partial charge in [-0.05, 0) is 36.4 Å². The number of halogens is 1. The Labute approximate surface area is 147 Å². The molecule has 0 aliphatic rings. The summed E-state index contributed by atoms with van der Waals surface area (Å²) >= 11 is 5.92. The van der Waals surface area contributed by atoms with E-state index in [1.807, 2.05) is 30.3 Å². The van der Waals surface area contributed by atoms with Gasteiger partial charge < -0.3 is 4.74 Å².